The summed E-state index contributed by atoms with van der Waals surface area (Å²) >= 11 is 0. The number of carbonyl (C=O) groups is 4. The first-order valence-electron chi connectivity index (χ1n) is 12.4. The zero-order valence-corrected chi connectivity index (χ0v) is 23.7. The molecule has 0 amide bonds. The maximum Gasteiger partial charge on any atom is 0.514 e. The van der Waals surface area contributed by atoms with Crippen LogP contribution in [0.1, 0.15) is 86.6 Å². The van der Waals surface area contributed by atoms with E-state index in [2.05, 4.69) is 0 Å². The quantitative estimate of drug-likeness (QED) is 0.229. The summed E-state index contributed by atoms with van der Waals surface area (Å²) in [4.78, 5) is 48.6. The van der Waals surface area contributed by atoms with E-state index in [4.69, 9.17) is 29.4 Å². The monoisotopic (exact) mass is 539 g/mol. The van der Waals surface area contributed by atoms with Crippen molar-refractivity contribution in [3.8, 4) is 11.5 Å². The second-order valence-electron chi connectivity index (χ2n) is 11.4. The summed E-state index contributed by atoms with van der Waals surface area (Å²) in [6.07, 6.45) is -2.49. The molecule has 2 unspecified atom stereocenters. The lowest BCUT2D eigenvalue weighted by atomic mass is 9.87. The van der Waals surface area contributed by atoms with Crippen LogP contribution in [-0.2, 0) is 23.8 Å². The second kappa shape index (κ2) is 13.5. The summed E-state index contributed by atoms with van der Waals surface area (Å²) in [6, 6.07) is 2.77. The van der Waals surface area contributed by atoms with Crippen LogP contribution in [-0.4, -0.2) is 52.7 Å². The van der Waals surface area contributed by atoms with Crippen molar-refractivity contribution in [3.63, 3.8) is 0 Å². The first kappa shape index (κ1) is 32.7. The third kappa shape index (κ3) is 12.3. The average Bonchev–Trinajstić information content (AvgIpc) is 2.69. The van der Waals surface area contributed by atoms with E-state index in [-0.39, 0.29) is 30.3 Å². The van der Waals surface area contributed by atoms with Crippen LogP contribution in [0.2, 0.25) is 0 Å². The lowest BCUT2D eigenvalue weighted by molar-refractivity contribution is -0.149. The van der Waals surface area contributed by atoms with E-state index in [1.54, 1.807) is 48.5 Å². The highest BCUT2D eigenvalue weighted by Crippen LogP contribution is 2.35. The number of aliphatic carboxylic acids is 1. The fraction of sp³-hybridized carbons (Fsp3) is 0.630. The van der Waals surface area contributed by atoms with Crippen LogP contribution < -0.4 is 15.2 Å². The number of nitrogens with two attached hydrogens (primary N) is 1. The summed E-state index contributed by atoms with van der Waals surface area (Å²) in [5.74, 6) is -2.82. The van der Waals surface area contributed by atoms with Crippen molar-refractivity contribution in [2.24, 2.45) is 11.7 Å². The van der Waals surface area contributed by atoms with E-state index in [0.29, 0.717) is 5.56 Å². The van der Waals surface area contributed by atoms with Gasteiger partial charge in [0.25, 0.3) is 0 Å². The van der Waals surface area contributed by atoms with E-state index >= 15 is 0 Å². The number of hydrogen-bond acceptors (Lipinski definition) is 10. The lowest BCUT2D eigenvalue weighted by Crippen LogP contribution is -2.38. The van der Waals surface area contributed by atoms with Gasteiger partial charge in [-0.1, -0.05) is 19.9 Å². The molecule has 0 aliphatic heterocycles. The predicted molar refractivity (Wildman–Crippen MR) is 138 cm³/mol. The predicted octanol–water partition coefficient (Wildman–Crippen LogP) is 5.18. The van der Waals surface area contributed by atoms with Crippen LogP contribution in [0.3, 0.4) is 0 Å². The zero-order valence-electron chi connectivity index (χ0n) is 23.7. The van der Waals surface area contributed by atoms with Gasteiger partial charge in [0, 0.05) is 12.3 Å². The topological polar surface area (TPSA) is 161 Å². The molecule has 0 bridgehead atoms. The van der Waals surface area contributed by atoms with Gasteiger partial charge in [-0.3, -0.25) is 9.59 Å². The SMILES string of the molecule is CC(C)CC(=O)OC(C)CC(c1ccc(OC(=O)OC(C)(C)C)c(OC(=O)OC(C)(C)C)c1)[C@H](N)C(=O)O. The Hall–Kier alpha value is -3.34. The molecule has 214 valence electrons. The number of benzene rings is 1. The van der Waals surface area contributed by atoms with Gasteiger partial charge in [-0.05, 0) is 78.5 Å². The molecule has 0 aliphatic carbocycles. The number of hydrogen-bond donors (Lipinski definition) is 2. The van der Waals surface area contributed by atoms with Crippen molar-refractivity contribution < 1.29 is 48.0 Å². The van der Waals surface area contributed by atoms with Crippen molar-refractivity contribution in [1.82, 2.24) is 0 Å². The van der Waals surface area contributed by atoms with Crippen LogP contribution in [0.4, 0.5) is 9.59 Å². The van der Waals surface area contributed by atoms with Crippen molar-refractivity contribution in [2.45, 2.75) is 104 Å². The Morgan fingerprint density at radius 1 is 0.868 bits per heavy atom. The van der Waals surface area contributed by atoms with Crippen LogP contribution in [0.5, 0.6) is 11.5 Å². The van der Waals surface area contributed by atoms with Gasteiger partial charge in [0.2, 0.25) is 0 Å². The van der Waals surface area contributed by atoms with E-state index in [0.717, 1.165) is 0 Å². The molecule has 0 aliphatic rings. The van der Waals surface area contributed by atoms with E-state index in [1.165, 1.54) is 18.2 Å². The van der Waals surface area contributed by atoms with Crippen molar-refractivity contribution in [2.75, 3.05) is 0 Å². The van der Waals surface area contributed by atoms with E-state index in [9.17, 15) is 24.3 Å². The Morgan fingerprint density at radius 2 is 1.37 bits per heavy atom. The summed E-state index contributed by atoms with van der Waals surface area (Å²) in [6.45, 7) is 15.3. The minimum absolute atomic E-state index is 0.0649. The molecule has 0 radical (unpaired) electrons. The molecular formula is C27H41NO10. The van der Waals surface area contributed by atoms with Crippen molar-refractivity contribution in [1.29, 1.82) is 0 Å². The van der Waals surface area contributed by atoms with Crippen LogP contribution >= 0.6 is 0 Å². The normalized spacial score (nSPS) is 14.2. The third-order valence-electron chi connectivity index (χ3n) is 4.77. The number of carboxylic acids is 1. The molecule has 0 saturated carbocycles. The molecule has 1 aromatic carbocycles. The third-order valence-corrected chi connectivity index (χ3v) is 4.77. The number of carbonyl (C=O) groups excluding carboxylic acids is 3. The molecule has 3 N–H and O–H groups in total. The van der Waals surface area contributed by atoms with Gasteiger partial charge in [0.1, 0.15) is 17.2 Å². The Balaban J connectivity index is 3.38. The number of rotatable bonds is 10. The van der Waals surface area contributed by atoms with Gasteiger partial charge in [0.15, 0.2) is 11.5 Å². The summed E-state index contributed by atoms with van der Waals surface area (Å²) in [5, 5.41) is 9.63. The molecule has 0 aromatic heterocycles. The first-order valence-corrected chi connectivity index (χ1v) is 12.4. The highest BCUT2D eigenvalue weighted by Gasteiger charge is 2.31. The molecule has 11 heteroatoms. The largest absolute Gasteiger partial charge is 0.514 e. The summed E-state index contributed by atoms with van der Waals surface area (Å²) in [5.41, 5.74) is 4.63. The number of ether oxygens (including phenoxy) is 5. The molecule has 0 saturated heterocycles. The second-order valence-corrected chi connectivity index (χ2v) is 11.4. The Bertz CT molecular complexity index is 991. The Morgan fingerprint density at radius 3 is 1.82 bits per heavy atom. The lowest BCUT2D eigenvalue weighted by Gasteiger charge is -2.26. The fourth-order valence-corrected chi connectivity index (χ4v) is 3.31. The molecule has 38 heavy (non-hydrogen) atoms. The van der Waals surface area contributed by atoms with E-state index < -0.39 is 53.5 Å². The molecule has 3 atom stereocenters. The number of esters is 1. The molecule has 0 heterocycles. The minimum Gasteiger partial charge on any atom is -0.480 e. The van der Waals surface area contributed by atoms with Gasteiger partial charge in [-0.25, -0.2) is 9.59 Å². The van der Waals surface area contributed by atoms with Gasteiger partial charge < -0.3 is 34.5 Å². The van der Waals surface area contributed by atoms with Crippen LogP contribution in [0, 0.1) is 5.92 Å². The maximum absolute atomic E-state index is 12.4. The smallest absolute Gasteiger partial charge is 0.480 e. The molecule has 0 fully saturated rings. The number of carboxylic acid groups (broad SMARTS) is 1. The van der Waals surface area contributed by atoms with Crippen molar-refractivity contribution >= 4 is 24.2 Å². The standard InChI is InChI=1S/C27H41NO10/c1-15(2)12-21(29)34-16(3)13-18(22(28)23(30)31)17-10-11-19(35-24(32)37-26(4,5)6)20(14-17)36-25(33)38-27(7,8)9/h10-11,14-16,18,22H,12-13,28H2,1-9H3,(H,30,31)/t16?,18?,22-/m0/s1. The molecule has 1 aromatic rings. The Labute approximate surface area is 223 Å². The van der Waals surface area contributed by atoms with Crippen molar-refractivity contribution in [3.05, 3.63) is 23.8 Å². The fourth-order valence-electron chi connectivity index (χ4n) is 3.31. The summed E-state index contributed by atoms with van der Waals surface area (Å²) < 4.78 is 26.4. The Kier molecular flexibility index (Phi) is 11.6. The average molecular weight is 540 g/mol. The van der Waals surface area contributed by atoms with Gasteiger partial charge in [-0.15, -0.1) is 0 Å². The zero-order chi connectivity index (χ0) is 29.4. The highest BCUT2D eigenvalue weighted by atomic mass is 16.8. The maximum atomic E-state index is 12.4. The first-order chi connectivity index (χ1) is 17.3. The van der Waals surface area contributed by atoms with Gasteiger partial charge in [-0.2, -0.15) is 0 Å². The highest BCUT2D eigenvalue weighted by molar-refractivity contribution is 5.75. The molecule has 1 rings (SSSR count). The van der Waals surface area contributed by atoms with E-state index in [1.807, 2.05) is 13.8 Å². The molecular weight excluding hydrogens is 498 g/mol. The molecule has 0 spiro atoms. The molecule has 11 nitrogen and oxygen atoms in total. The van der Waals surface area contributed by atoms with Gasteiger partial charge >= 0.3 is 24.2 Å². The van der Waals surface area contributed by atoms with Crippen LogP contribution in [0.25, 0.3) is 0 Å². The van der Waals surface area contributed by atoms with Gasteiger partial charge in [0.05, 0.1) is 6.10 Å². The summed E-state index contributed by atoms with van der Waals surface area (Å²) in [7, 11) is 0. The van der Waals surface area contributed by atoms with Crippen LogP contribution in [0.15, 0.2) is 18.2 Å². The minimum atomic E-state index is -1.38.